The lowest BCUT2D eigenvalue weighted by molar-refractivity contribution is -0.128. The van der Waals surface area contributed by atoms with E-state index in [9.17, 15) is 9.59 Å². The molecule has 1 aliphatic heterocycles. The van der Waals surface area contributed by atoms with Gasteiger partial charge in [-0.25, -0.2) is 0 Å². The lowest BCUT2D eigenvalue weighted by Crippen LogP contribution is -2.39. The van der Waals surface area contributed by atoms with Crippen LogP contribution in [0, 0.1) is 5.92 Å². The molecule has 1 fully saturated rings. The maximum Gasteiger partial charge on any atom is 0.225 e. The van der Waals surface area contributed by atoms with Gasteiger partial charge in [0.1, 0.15) is 0 Å². The fourth-order valence-electron chi connectivity index (χ4n) is 3.00. The summed E-state index contributed by atoms with van der Waals surface area (Å²) in [6.45, 7) is 1.10. The summed E-state index contributed by atoms with van der Waals surface area (Å²) in [5.74, 6) is 0.870. The van der Waals surface area contributed by atoms with Crippen molar-refractivity contribution < 1.29 is 19.1 Å². The minimum Gasteiger partial charge on any atom is -0.493 e. The Morgan fingerprint density at radius 2 is 2.00 bits per heavy atom. The summed E-state index contributed by atoms with van der Waals surface area (Å²) in [6.07, 6.45) is 0.267. The van der Waals surface area contributed by atoms with E-state index in [1.807, 2.05) is 37.2 Å². The normalized spacial score (nSPS) is 18.4. The van der Waals surface area contributed by atoms with Crippen LogP contribution in [0.25, 0.3) is 0 Å². The first-order valence-corrected chi connectivity index (χ1v) is 8.26. The van der Waals surface area contributed by atoms with Gasteiger partial charge in [0.2, 0.25) is 11.8 Å². The number of benzene rings is 1. The van der Waals surface area contributed by atoms with E-state index in [2.05, 4.69) is 5.32 Å². The molecule has 0 bridgehead atoms. The van der Waals surface area contributed by atoms with Crippen molar-refractivity contribution in [3.63, 3.8) is 0 Å². The van der Waals surface area contributed by atoms with Crippen molar-refractivity contribution in [3.05, 3.63) is 23.8 Å². The number of likely N-dealkylation sites (tertiary alicyclic amines) is 1. The summed E-state index contributed by atoms with van der Waals surface area (Å²) in [5.41, 5.74) is 0.928. The molecule has 1 N–H and O–H groups in total. The van der Waals surface area contributed by atoms with Crippen molar-refractivity contribution in [1.82, 2.24) is 15.1 Å². The quantitative estimate of drug-likeness (QED) is 0.792. The minimum atomic E-state index is -0.303. The molecule has 1 aromatic rings. The predicted molar refractivity (Wildman–Crippen MR) is 94.7 cm³/mol. The zero-order chi connectivity index (χ0) is 18.6. The Bertz CT molecular complexity index is 633. The zero-order valence-electron chi connectivity index (χ0n) is 15.5. The molecule has 25 heavy (non-hydrogen) atoms. The first kappa shape index (κ1) is 19.1. The maximum atomic E-state index is 12.6. The Morgan fingerprint density at radius 1 is 1.32 bits per heavy atom. The third-order valence-electron chi connectivity index (χ3n) is 4.39. The Hall–Kier alpha value is -2.28. The Balaban J connectivity index is 2.18. The zero-order valence-corrected chi connectivity index (χ0v) is 15.5. The number of hydrogen-bond donors (Lipinski definition) is 1. The number of carbonyl (C=O) groups excluding carboxylic acids is 2. The van der Waals surface area contributed by atoms with Crippen molar-refractivity contribution >= 4 is 11.8 Å². The Labute approximate surface area is 148 Å². The van der Waals surface area contributed by atoms with Crippen molar-refractivity contribution in [2.75, 3.05) is 48.5 Å². The second-order valence-electron chi connectivity index (χ2n) is 6.61. The second kappa shape index (κ2) is 8.20. The average molecular weight is 349 g/mol. The van der Waals surface area contributed by atoms with Gasteiger partial charge in [0.15, 0.2) is 11.5 Å². The van der Waals surface area contributed by atoms with Gasteiger partial charge in [-0.3, -0.25) is 9.59 Å². The van der Waals surface area contributed by atoms with Crippen LogP contribution in [0.3, 0.4) is 0 Å². The van der Waals surface area contributed by atoms with Crippen molar-refractivity contribution in [2.24, 2.45) is 5.92 Å². The third-order valence-corrected chi connectivity index (χ3v) is 4.39. The summed E-state index contributed by atoms with van der Waals surface area (Å²) in [5, 5.41) is 3.08. The van der Waals surface area contributed by atoms with Crippen LogP contribution in [0.4, 0.5) is 0 Å². The SMILES string of the molecule is COc1ccc([C@@H](CN(C)C)NC(=O)[C@@H]2CC(=O)N(C)C2)cc1OC. The highest BCUT2D eigenvalue weighted by Gasteiger charge is 2.33. The van der Waals surface area contributed by atoms with E-state index < -0.39 is 0 Å². The fourth-order valence-corrected chi connectivity index (χ4v) is 3.00. The molecule has 1 aliphatic rings. The highest BCUT2D eigenvalue weighted by Crippen LogP contribution is 2.30. The monoisotopic (exact) mass is 349 g/mol. The maximum absolute atomic E-state index is 12.6. The number of ether oxygens (including phenoxy) is 2. The van der Waals surface area contributed by atoms with E-state index in [0.29, 0.717) is 24.6 Å². The molecule has 2 atom stereocenters. The molecule has 2 rings (SSSR count). The molecule has 1 saturated heterocycles. The molecule has 0 saturated carbocycles. The lowest BCUT2D eigenvalue weighted by atomic mass is 10.0. The number of rotatable bonds is 7. The topological polar surface area (TPSA) is 71.1 Å². The van der Waals surface area contributed by atoms with Crippen LogP contribution in [0.2, 0.25) is 0 Å². The second-order valence-corrected chi connectivity index (χ2v) is 6.61. The highest BCUT2D eigenvalue weighted by molar-refractivity contribution is 5.89. The minimum absolute atomic E-state index is 0.00965. The molecule has 0 aromatic heterocycles. The number of amides is 2. The predicted octanol–water partition coefficient (Wildman–Crippen LogP) is 0.901. The van der Waals surface area contributed by atoms with Crippen LogP contribution in [0.1, 0.15) is 18.0 Å². The molecule has 0 spiro atoms. The van der Waals surface area contributed by atoms with Gasteiger partial charge < -0.3 is 24.6 Å². The summed E-state index contributed by atoms with van der Waals surface area (Å²) in [6, 6.07) is 5.42. The van der Waals surface area contributed by atoms with E-state index >= 15 is 0 Å². The number of hydrogen-bond acceptors (Lipinski definition) is 5. The standard InChI is InChI=1S/C18H27N3O4/c1-20(2)11-14(12-6-7-15(24-4)16(8-12)25-5)19-18(23)13-9-17(22)21(3)10-13/h6-8,13-14H,9-11H2,1-5H3,(H,19,23)/t13-,14-/m1/s1. The lowest BCUT2D eigenvalue weighted by Gasteiger charge is -2.25. The Kier molecular flexibility index (Phi) is 6.25. The largest absolute Gasteiger partial charge is 0.493 e. The molecular weight excluding hydrogens is 322 g/mol. The molecule has 1 aromatic carbocycles. The number of nitrogens with zero attached hydrogens (tertiary/aromatic N) is 2. The van der Waals surface area contributed by atoms with Crippen molar-refractivity contribution in [3.8, 4) is 11.5 Å². The smallest absolute Gasteiger partial charge is 0.225 e. The summed E-state index contributed by atoms with van der Waals surface area (Å²) < 4.78 is 10.6. The molecule has 7 heteroatoms. The summed E-state index contributed by atoms with van der Waals surface area (Å²) >= 11 is 0. The molecular formula is C18H27N3O4. The van der Waals surface area contributed by atoms with Gasteiger partial charge in [0.25, 0.3) is 0 Å². The van der Waals surface area contributed by atoms with Gasteiger partial charge >= 0.3 is 0 Å². The van der Waals surface area contributed by atoms with Gasteiger partial charge in [-0.15, -0.1) is 0 Å². The van der Waals surface area contributed by atoms with Gasteiger partial charge in [-0.1, -0.05) is 6.07 Å². The summed E-state index contributed by atoms with van der Waals surface area (Å²) in [7, 11) is 8.80. The van der Waals surface area contributed by atoms with Gasteiger partial charge in [-0.05, 0) is 31.8 Å². The van der Waals surface area contributed by atoms with E-state index in [0.717, 1.165) is 5.56 Å². The number of likely N-dealkylation sites (N-methyl/N-ethyl adjacent to an activating group) is 1. The molecule has 0 aliphatic carbocycles. The van der Waals surface area contributed by atoms with Gasteiger partial charge in [0.05, 0.1) is 26.2 Å². The fraction of sp³-hybridized carbons (Fsp3) is 0.556. The van der Waals surface area contributed by atoms with Crippen molar-refractivity contribution in [1.29, 1.82) is 0 Å². The number of methoxy groups -OCH3 is 2. The highest BCUT2D eigenvalue weighted by atomic mass is 16.5. The molecule has 0 unspecified atom stereocenters. The number of nitrogens with one attached hydrogen (secondary N) is 1. The van der Waals surface area contributed by atoms with E-state index in [1.54, 1.807) is 26.2 Å². The average Bonchev–Trinajstić information content (AvgIpc) is 2.92. The van der Waals surface area contributed by atoms with Crippen LogP contribution in [0.5, 0.6) is 11.5 Å². The number of carbonyl (C=O) groups is 2. The molecule has 138 valence electrons. The molecule has 0 radical (unpaired) electrons. The molecule has 2 amide bonds. The first-order chi connectivity index (χ1) is 11.8. The van der Waals surface area contributed by atoms with Crippen LogP contribution in [-0.2, 0) is 9.59 Å². The van der Waals surface area contributed by atoms with E-state index in [4.69, 9.17) is 9.47 Å². The van der Waals surface area contributed by atoms with Crippen LogP contribution in [-0.4, -0.2) is 70.1 Å². The van der Waals surface area contributed by atoms with E-state index in [1.165, 1.54) is 0 Å². The Morgan fingerprint density at radius 3 is 2.52 bits per heavy atom. The molecule has 7 nitrogen and oxygen atoms in total. The van der Waals surface area contributed by atoms with Gasteiger partial charge in [-0.2, -0.15) is 0 Å². The first-order valence-electron chi connectivity index (χ1n) is 8.26. The van der Waals surface area contributed by atoms with Gasteiger partial charge in [0, 0.05) is 26.6 Å². The summed E-state index contributed by atoms with van der Waals surface area (Å²) in [4.78, 5) is 27.9. The van der Waals surface area contributed by atoms with E-state index in [-0.39, 0.29) is 30.2 Å². The molecule has 1 heterocycles. The van der Waals surface area contributed by atoms with Crippen LogP contribution >= 0.6 is 0 Å². The van der Waals surface area contributed by atoms with Crippen LogP contribution in [0.15, 0.2) is 18.2 Å². The van der Waals surface area contributed by atoms with Crippen LogP contribution < -0.4 is 14.8 Å². The third kappa shape index (κ3) is 4.63. The van der Waals surface area contributed by atoms with Crippen molar-refractivity contribution in [2.45, 2.75) is 12.5 Å².